The van der Waals surface area contributed by atoms with Gasteiger partial charge in [0.25, 0.3) is 10.0 Å². The van der Waals surface area contributed by atoms with Crippen molar-refractivity contribution in [3.05, 3.63) is 58.7 Å². The molecule has 45 heavy (non-hydrogen) atoms. The van der Waals surface area contributed by atoms with Crippen molar-refractivity contribution in [1.29, 1.82) is 0 Å². The maximum Gasteiger partial charge on any atom is 0.490 e. The number of hydrogen-bond donors (Lipinski definition) is 3. The third-order valence-corrected chi connectivity index (χ3v) is 8.76. The third kappa shape index (κ3) is 11.6. The van der Waals surface area contributed by atoms with Crippen LogP contribution in [0.25, 0.3) is 11.1 Å². The fourth-order valence-electron chi connectivity index (χ4n) is 3.83. The number of aliphatic carboxylic acids is 1. The van der Waals surface area contributed by atoms with Gasteiger partial charge in [-0.1, -0.05) is 39.8 Å². The van der Waals surface area contributed by atoms with Gasteiger partial charge in [-0.25, -0.2) is 32.1 Å². The highest BCUT2D eigenvalue weighted by atomic mass is 32.2. The fourth-order valence-corrected chi connectivity index (χ4v) is 6.71. The summed E-state index contributed by atoms with van der Waals surface area (Å²) in [5.74, 6) is -2.16. The van der Waals surface area contributed by atoms with Gasteiger partial charge in [0.1, 0.15) is 15.9 Å². The van der Waals surface area contributed by atoms with Crippen molar-refractivity contribution in [1.82, 2.24) is 19.6 Å². The first-order chi connectivity index (χ1) is 20.6. The molecule has 0 aliphatic carbocycles. The Morgan fingerprint density at radius 2 is 1.69 bits per heavy atom. The number of imidazole rings is 1. The predicted molar refractivity (Wildman–Crippen MR) is 152 cm³/mol. The van der Waals surface area contributed by atoms with E-state index in [-0.39, 0.29) is 28.2 Å². The minimum Gasteiger partial charge on any atom is -0.475 e. The number of urea groups is 1. The average molecular weight is 689 g/mol. The van der Waals surface area contributed by atoms with Crippen molar-refractivity contribution in [2.24, 2.45) is 5.92 Å². The lowest BCUT2D eigenvalue weighted by atomic mass is 10.0. The Hall–Kier alpha value is -3.67. The van der Waals surface area contributed by atoms with Gasteiger partial charge in [0.2, 0.25) is 0 Å². The number of carboxylic acids is 1. The Morgan fingerprint density at radius 1 is 1.07 bits per heavy atom. The average Bonchev–Trinajstić information content (AvgIpc) is 3.51. The topological polar surface area (TPSA) is 130 Å². The van der Waals surface area contributed by atoms with Crippen LogP contribution in [0, 0.1) is 11.7 Å². The summed E-state index contributed by atoms with van der Waals surface area (Å²) >= 11 is 0.933. The Bertz CT molecular complexity index is 1580. The molecule has 1 aromatic carbocycles. The standard InChI is InChI=1S/C25H30F4N4O3S2.C2HF3O2/c1-15(2)11-19-13-20(23(37-19)38(35,36)32-24(34)31-8-7-25(27,28)29)17-5-6-18(21(26)12-17)14-33-10-9-30-22(33)16(3)4;3-2(4,5)1(6)7/h5-6,9-10,12-13,15-16H,7-8,11,14H2,1-4H3,(H2,31,32,34);(H,6,7). The molecule has 3 aromatic rings. The molecule has 0 saturated heterocycles. The van der Waals surface area contributed by atoms with E-state index < -0.39 is 53.2 Å². The predicted octanol–water partition coefficient (Wildman–Crippen LogP) is 6.69. The molecule has 0 spiro atoms. The summed E-state index contributed by atoms with van der Waals surface area (Å²) in [6.07, 6.45) is -6.93. The van der Waals surface area contributed by atoms with Gasteiger partial charge in [-0.15, -0.1) is 11.3 Å². The number of thiophene rings is 1. The van der Waals surface area contributed by atoms with E-state index >= 15 is 4.39 Å². The van der Waals surface area contributed by atoms with Crippen molar-refractivity contribution in [3.63, 3.8) is 0 Å². The summed E-state index contributed by atoms with van der Waals surface area (Å²) in [7, 11) is -4.46. The van der Waals surface area contributed by atoms with Gasteiger partial charge in [0, 0.05) is 40.9 Å². The van der Waals surface area contributed by atoms with Crippen molar-refractivity contribution in [2.45, 2.75) is 69.6 Å². The summed E-state index contributed by atoms with van der Waals surface area (Å²) in [5, 5.41) is 9.03. The number of hydrogen-bond acceptors (Lipinski definition) is 6. The van der Waals surface area contributed by atoms with Gasteiger partial charge in [-0.3, -0.25) is 0 Å². The van der Waals surface area contributed by atoms with Gasteiger partial charge < -0.3 is 15.0 Å². The molecule has 0 saturated carbocycles. The van der Waals surface area contributed by atoms with Crippen LogP contribution in [0.15, 0.2) is 40.9 Å². The number of carboxylic acid groups (broad SMARTS) is 1. The summed E-state index contributed by atoms with van der Waals surface area (Å²) < 4.78 is 114. The number of carbonyl (C=O) groups excluding carboxylic acids is 1. The van der Waals surface area contributed by atoms with E-state index in [9.17, 15) is 39.6 Å². The van der Waals surface area contributed by atoms with Crippen LogP contribution in [0.5, 0.6) is 0 Å². The number of benzene rings is 1. The SMILES string of the molecule is CC(C)Cc1cc(-c2ccc(Cn3ccnc3C(C)C)c(F)c2)c(S(=O)(=O)NC(=O)NCCC(F)(F)F)s1.O=C(O)C(F)(F)F. The second kappa shape index (κ2) is 15.1. The molecule has 3 N–H and O–H groups in total. The summed E-state index contributed by atoms with van der Waals surface area (Å²) in [4.78, 5) is 26.0. The van der Waals surface area contributed by atoms with Crippen LogP contribution in [-0.2, 0) is 27.8 Å². The van der Waals surface area contributed by atoms with Crippen LogP contribution in [0.3, 0.4) is 0 Å². The maximum atomic E-state index is 15.2. The van der Waals surface area contributed by atoms with E-state index in [0.717, 1.165) is 17.2 Å². The molecule has 250 valence electrons. The number of sulfonamides is 1. The van der Waals surface area contributed by atoms with Crippen LogP contribution in [0.4, 0.5) is 35.5 Å². The zero-order valence-electron chi connectivity index (χ0n) is 24.4. The molecule has 2 amide bonds. The van der Waals surface area contributed by atoms with Gasteiger partial charge >= 0.3 is 24.4 Å². The number of nitrogens with one attached hydrogen (secondary N) is 2. The number of nitrogens with zero attached hydrogens (tertiary/aromatic N) is 2. The molecule has 0 atom stereocenters. The van der Waals surface area contributed by atoms with Crippen LogP contribution in [-0.4, -0.2) is 54.0 Å². The fraction of sp³-hybridized carbons (Fsp3) is 0.444. The van der Waals surface area contributed by atoms with Gasteiger partial charge in [-0.2, -0.15) is 26.3 Å². The third-order valence-electron chi connectivity index (χ3n) is 5.73. The van der Waals surface area contributed by atoms with Crippen LogP contribution < -0.4 is 10.0 Å². The van der Waals surface area contributed by atoms with E-state index in [1.807, 2.05) is 37.6 Å². The molecule has 0 aliphatic heterocycles. The highest BCUT2D eigenvalue weighted by Gasteiger charge is 2.38. The lowest BCUT2D eigenvalue weighted by molar-refractivity contribution is -0.192. The summed E-state index contributed by atoms with van der Waals surface area (Å²) in [6.45, 7) is 7.34. The van der Waals surface area contributed by atoms with E-state index in [4.69, 9.17) is 9.90 Å². The van der Waals surface area contributed by atoms with Gasteiger partial charge in [0.05, 0.1) is 13.0 Å². The zero-order valence-corrected chi connectivity index (χ0v) is 26.0. The van der Waals surface area contributed by atoms with Crippen molar-refractivity contribution >= 4 is 33.4 Å². The summed E-state index contributed by atoms with van der Waals surface area (Å²) in [5.41, 5.74) is 0.889. The molecule has 0 aliphatic rings. The zero-order chi connectivity index (χ0) is 34.3. The minimum absolute atomic E-state index is 0.142. The van der Waals surface area contributed by atoms with E-state index in [1.165, 1.54) is 6.07 Å². The Balaban J connectivity index is 0.000000900. The quantitative estimate of drug-likeness (QED) is 0.204. The van der Waals surface area contributed by atoms with Crippen LogP contribution >= 0.6 is 11.3 Å². The van der Waals surface area contributed by atoms with Crippen molar-refractivity contribution in [2.75, 3.05) is 6.54 Å². The minimum atomic E-state index is -5.08. The van der Waals surface area contributed by atoms with E-state index in [2.05, 4.69) is 4.98 Å². The van der Waals surface area contributed by atoms with E-state index in [1.54, 1.807) is 35.3 Å². The molecule has 0 fully saturated rings. The molecular weight excluding hydrogens is 657 g/mol. The lowest BCUT2D eigenvalue weighted by Crippen LogP contribution is -2.40. The maximum absolute atomic E-state index is 15.2. The number of aromatic nitrogens is 2. The number of alkyl halides is 6. The molecule has 9 nitrogen and oxygen atoms in total. The molecule has 18 heteroatoms. The normalized spacial score (nSPS) is 12.2. The van der Waals surface area contributed by atoms with Crippen molar-refractivity contribution in [3.8, 4) is 11.1 Å². The van der Waals surface area contributed by atoms with Crippen molar-refractivity contribution < 1.29 is 53.8 Å². The molecular formula is C27H31F7N4O5S2. The Kier molecular flexibility index (Phi) is 12.6. The first kappa shape index (κ1) is 37.5. The van der Waals surface area contributed by atoms with Crippen LogP contribution in [0.1, 0.15) is 56.3 Å². The van der Waals surface area contributed by atoms with E-state index in [0.29, 0.717) is 22.4 Å². The first-order valence-corrected chi connectivity index (χ1v) is 15.5. The molecule has 0 unspecified atom stereocenters. The monoisotopic (exact) mass is 688 g/mol. The second-order valence-electron chi connectivity index (χ2n) is 10.4. The lowest BCUT2D eigenvalue weighted by Gasteiger charge is -2.13. The highest BCUT2D eigenvalue weighted by molar-refractivity contribution is 7.92. The summed E-state index contributed by atoms with van der Waals surface area (Å²) in [6, 6.07) is 4.78. The second-order valence-corrected chi connectivity index (χ2v) is 13.4. The molecule has 3 rings (SSSR count). The molecule has 0 radical (unpaired) electrons. The van der Waals surface area contributed by atoms with Gasteiger partial charge in [0.15, 0.2) is 0 Å². The van der Waals surface area contributed by atoms with Crippen LogP contribution in [0.2, 0.25) is 0 Å². The smallest absolute Gasteiger partial charge is 0.475 e. The number of halogens is 7. The molecule has 2 aromatic heterocycles. The molecule has 2 heterocycles. The highest BCUT2D eigenvalue weighted by Crippen LogP contribution is 2.37. The number of amides is 2. The Morgan fingerprint density at radius 3 is 2.20 bits per heavy atom. The Labute approximate surface area is 258 Å². The van der Waals surface area contributed by atoms with Gasteiger partial charge in [-0.05, 0) is 30.0 Å². The molecule has 0 bridgehead atoms. The largest absolute Gasteiger partial charge is 0.490 e. The number of rotatable bonds is 10. The first-order valence-electron chi connectivity index (χ1n) is 13.2. The number of carbonyl (C=O) groups is 2.